The third-order valence-corrected chi connectivity index (χ3v) is 7.26. The first-order valence-corrected chi connectivity index (χ1v) is 13.7. The van der Waals surface area contributed by atoms with Crippen molar-refractivity contribution in [3.63, 3.8) is 0 Å². The zero-order chi connectivity index (χ0) is 23.5. The predicted molar refractivity (Wildman–Crippen MR) is 137 cm³/mol. The molecule has 0 radical (unpaired) electrons. The van der Waals surface area contributed by atoms with Crippen LogP contribution in [0.3, 0.4) is 0 Å². The molecule has 0 amide bonds. The highest BCUT2D eigenvalue weighted by Crippen LogP contribution is 2.45. The highest BCUT2D eigenvalue weighted by Gasteiger charge is 2.38. The fraction of sp³-hybridized carbons (Fsp3) is 0.828. The van der Waals surface area contributed by atoms with Crippen LogP contribution in [0.5, 0.6) is 0 Å². The number of methoxy groups -OCH3 is 1. The molecule has 0 bridgehead atoms. The van der Waals surface area contributed by atoms with Crippen molar-refractivity contribution in [3.8, 4) is 0 Å². The lowest BCUT2D eigenvalue weighted by atomic mass is 9.65. The average molecular weight is 449 g/mol. The minimum Gasteiger partial charge on any atom is -0.497 e. The number of carbonyl (C=O) groups is 1. The second-order valence-corrected chi connectivity index (χ2v) is 10.0. The molecule has 1 N–H and O–H groups in total. The number of carboxylic acid groups (broad SMARTS) is 1. The number of unbranched alkanes of at least 4 members (excludes halogenated alkanes) is 14. The van der Waals surface area contributed by atoms with Crippen LogP contribution in [0.2, 0.25) is 0 Å². The van der Waals surface area contributed by atoms with Crippen LogP contribution in [0.1, 0.15) is 136 Å². The van der Waals surface area contributed by atoms with Gasteiger partial charge in [-0.15, -0.1) is 0 Å². The molecule has 3 nitrogen and oxygen atoms in total. The lowest BCUT2D eigenvalue weighted by Crippen LogP contribution is -2.32. The lowest BCUT2D eigenvalue weighted by molar-refractivity contribution is -0.139. The quantitative estimate of drug-likeness (QED) is 0.178. The molecule has 0 saturated heterocycles. The number of ether oxygens (including phenoxy) is 1. The van der Waals surface area contributed by atoms with Gasteiger partial charge in [-0.1, -0.05) is 123 Å². The van der Waals surface area contributed by atoms with Gasteiger partial charge < -0.3 is 9.84 Å². The molecule has 0 aromatic carbocycles. The largest absolute Gasteiger partial charge is 0.497 e. The van der Waals surface area contributed by atoms with Crippen LogP contribution < -0.4 is 0 Å². The lowest BCUT2D eigenvalue weighted by Gasteiger charge is -2.39. The third-order valence-electron chi connectivity index (χ3n) is 7.26. The summed E-state index contributed by atoms with van der Waals surface area (Å²) in [6, 6.07) is 0. The molecule has 32 heavy (non-hydrogen) atoms. The summed E-state index contributed by atoms with van der Waals surface area (Å²) in [6.45, 7) is 4.52. The molecule has 0 saturated carbocycles. The first-order chi connectivity index (χ1) is 15.6. The summed E-state index contributed by atoms with van der Waals surface area (Å²) in [5.74, 6) is 0.484. The summed E-state index contributed by atoms with van der Waals surface area (Å²) in [5.41, 5.74) is -0.253. The van der Waals surface area contributed by atoms with E-state index in [0.717, 1.165) is 25.0 Å². The number of carboxylic acids is 1. The van der Waals surface area contributed by atoms with Crippen LogP contribution in [0, 0.1) is 11.3 Å². The van der Waals surface area contributed by atoms with E-state index in [1.54, 1.807) is 7.11 Å². The Morgan fingerprint density at radius 1 is 0.844 bits per heavy atom. The average Bonchev–Trinajstić information content (AvgIpc) is 2.78. The molecule has 186 valence electrons. The van der Waals surface area contributed by atoms with Gasteiger partial charge in [0.2, 0.25) is 0 Å². The van der Waals surface area contributed by atoms with E-state index < -0.39 is 5.97 Å². The Morgan fingerprint density at radius 3 is 1.84 bits per heavy atom. The van der Waals surface area contributed by atoms with Crippen molar-refractivity contribution in [2.24, 2.45) is 11.3 Å². The normalized spacial score (nSPS) is 20.3. The van der Waals surface area contributed by atoms with Crippen LogP contribution in [0.25, 0.3) is 0 Å². The number of hydrogen-bond acceptors (Lipinski definition) is 2. The molecule has 1 aliphatic carbocycles. The molecule has 2 atom stereocenters. The van der Waals surface area contributed by atoms with Gasteiger partial charge in [-0.3, -0.25) is 4.79 Å². The minimum atomic E-state index is -0.677. The van der Waals surface area contributed by atoms with E-state index in [1.807, 2.05) is 6.08 Å². The van der Waals surface area contributed by atoms with Gasteiger partial charge in [-0.05, 0) is 30.9 Å². The third kappa shape index (κ3) is 12.1. The maximum atomic E-state index is 11.8. The zero-order valence-corrected chi connectivity index (χ0v) is 21.5. The minimum absolute atomic E-state index is 0.231. The van der Waals surface area contributed by atoms with Crippen LogP contribution in [-0.4, -0.2) is 18.2 Å². The Bertz CT molecular complexity index is 537. The second kappa shape index (κ2) is 18.2. The van der Waals surface area contributed by atoms with Crippen molar-refractivity contribution in [3.05, 3.63) is 24.0 Å². The SMILES string of the molecule is CCCCCCCCCCCCC1(CC(=O)O)C=CC(OC)=CC1CCCCCCCC. The van der Waals surface area contributed by atoms with Crippen LogP contribution in [-0.2, 0) is 9.53 Å². The van der Waals surface area contributed by atoms with E-state index in [0.29, 0.717) is 0 Å². The number of hydrogen-bond donors (Lipinski definition) is 1. The molecule has 0 aromatic heterocycles. The van der Waals surface area contributed by atoms with Gasteiger partial charge in [0.25, 0.3) is 0 Å². The van der Waals surface area contributed by atoms with Gasteiger partial charge in [-0.25, -0.2) is 0 Å². The van der Waals surface area contributed by atoms with Crippen molar-refractivity contribution >= 4 is 5.97 Å². The molecule has 0 fully saturated rings. The maximum absolute atomic E-state index is 11.8. The fourth-order valence-electron chi connectivity index (χ4n) is 5.21. The molecule has 0 aromatic rings. The predicted octanol–water partition coefficient (Wildman–Crippen LogP) is 9.23. The summed E-state index contributed by atoms with van der Waals surface area (Å²) in [5, 5.41) is 9.72. The zero-order valence-electron chi connectivity index (χ0n) is 21.5. The van der Waals surface area contributed by atoms with E-state index in [2.05, 4.69) is 26.0 Å². The summed E-state index contributed by atoms with van der Waals surface area (Å²) in [7, 11) is 1.71. The van der Waals surface area contributed by atoms with Gasteiger partial charge >= 0.3 is 5.97 Å². The van der Waals surface area contributed by atoms with E-state index in [9.17, 15) is 9.90 Å². The van der Waals surface area contributed by atoms with E-state index >= 15 is 0 Å². The van der Waals surface area contributed by atoms with Crippen molar-refractivity contribution in [2.75, 3.05) is 7.11 Å². The standard InChI is InChI=1S/C29H52O3/c1-4-6-8-10-12-13-14-15-17-19-22-29(25-28(30)31)23-21-27(32-3)24-26(29)20-18-16-11-9-7-5-2/h21,23-24,26H,4-20,22,25H2,1-3H3,(H,30,31). The van der Waals surface area contributed by atoms with Gasteiger partial charge in [0.05, 0.1) is 13.5 Å². The Morgan fingerprint density at radius 2 is 1.34 bits per heavy atom. The molecule has 0 heterocycles. The smallest absolute Gasteiger partial charge is 0.304 e. The van der Waals surface area contributed by atoms with Gasteiger partial charge in [0.15, 0.2) is 0 Å². The monoisotopic (exact) mass is 448 g/mol. The number of aliphatic carboxylic acids is 1. The molecular formula is C29H52O3. The number of rotatable bonds is 21. The van der Waals surface area contributed by atoms with E-state index in [1.165, 1.54) is 96.3 Å². The topological polar surface area (TPSA) is 46.5 Å². The van der Waals surface area contributed by atoms with E-state index in [4.69, 9.17) is 4.74 Å². The Hall–Kier alpha value is -1.25. The fourth-order valence-corrected chi connectivity index (χ4v) is 5.21. The van der Waals surface area contributed by atoms with Gasteiger partial charge in [0.1, 0.15) is 5.76 Å². The Kier molecular flexibility index (Phi) is 16.4. The van der Waals surface area contributed by atoms with Crippen molar-refractivity contribution < 1.29 is 14.6 Å². The summed E-state index contributed by atoms with van der Waals surface area (Å²) in [4.78, 5) is 11.8. The molecular weight excluding hydrogens is 396 g/mol. The summed E-state index contributed by atoms with van der Waals surface area (Å²) in [6.07, 6.45) is 29.4. The maximum Gasteiger partial charge on any atom is 0.304 e. The molecule has 0 aliphatic heterocycles. The molecule has 1 aliphatic rings. The molecule has 3 heteroatoms. The van der Waals surface area contributed by atoms with Gasteiger partial charge in [0, 0.05) is 5.41 Å². The first-order valence-electron chi connectivity index (χ1n) is 13.7. The van der Waals surface area contributed by atoms with Crippen LogP contribution >= 0.6 is 0 Å². The van der Waals surface area contributed by atoms with Crippen LogP contribution in [0.15, 0.2) is 24.0 Å². The molecule has 0 spiro atoms. The van der Waals surface area contributed by atoms with Crippen molar-refractivity contribution in [1.82, 2.24) is 0 Å². The number of allylic oxidation sites excluding steroid dienone is 3. The van der Waals surface area contributed by atoms with Gasteiger partial charge in [-0.2, -0.15) is 0 Å². The summed E-state index contributed by atoms with van der Waals surface area (Å²) < 4.78 is 5.51. The highest BCUT2D eigenvalue weighted by atomic mass is 16.5. The Balaban J connectivity index is 2.53. The molecule has 1 rings (SSSR count). The molecule has 2 unspecified atom stereocenters. The van der Waals surface area contributed by atoms with Crippen molar-refractivity contribution in [2.45, 2.75) is 136 Å². The summed E-state index contributed by atoms with van der Waals surface area (Å²) >= 11 is 0. The van der Waals surface area contributed by atoms with Crippen molar-refractivity contribution in [1.29, 1.82) is 0 Å². The van der Waals surface area contributed by atoms with E-state index in [-0.39, 0.29) is 17.8 Å². The Labute approximate surface area is 199 Å². The first kappa shape index (κ1) is 28.8. The highest BCUT2D eigenvalue weighted by molar-refractivity contribution is 5.68. The van der Waals surface area contributed by atoms with Crippen LogP contribution in [0.4, 0.5) is 0 Å². The second-order valence-electron chi connectivity index (χ2n) is 10.0.